The Labute approximate surface area is 130 Å². The van der Waals surface area contributed by atoms with Gasteiger partial charge in [0.25, 0.3) is 0 Å². The van der Waals surface area contributed by atoms with E-state index in [1.54, 1.807) is 24.3 Å². The molecule has 0 spiro atoms. The molecule has 0 aliphatic rings. The molecule has 0 aliphatic carbocycles. The molecular weight excluding hydrogens is 294 g/mol. The van der Waals surface area contributed by atoms with Gasteiger partial charge in [0.05, 0.1) is 13.2 Å². The Morgan fingerprint density at radius 2 is 1.86 bits per heavy atom. The second kappa shape index (κ2) is 10.9. The van der Waals surface area contributed by atoms with Crippen molar-refractivity contribution in [2.75, 3.05) is 25.0 Å². The molecule has 2 amide bonds. The van der Waals surface area contributed by atoms with Crippen LogP contribution in [0.15, 0.2) is 24.3 Å². The third kappa shape index (κ3) is 8.16. The van der Waals surface area contributed by atoms with Crippen LogP contribution in [0.5, 0.6) is 5.75 Å². The van der Waals surface area contributed by atoms with Gasteiger partial charge in [-0.1, -0.05) is 0 Å². The van der Waals surface area contributed by atoms with Gasteiger partial charge in [-0.2, -0.15) is 0 Å². The highest BCUT2D eigenvalue weighted by molar-refractivity contribution is 5.94. The van der Waals surface area contributed by atoms with Crippen molar-refractivity contribution in [1.82, 2.24) is 5.32 Å². The average molecular weight is 316 g/mol. The number of nitrogens with two attached hydrogens (primary N) is 1. The zero-order valence-electron chi connectivity index (χ0n) is 12.1. The number of rotatable bonds is 8. The molecule has 0 saturated heterocycles. The molecule has 0 radical (unpaired) electrons. The predicted molar refractivity (Wildman–Crippen MR) is 84.8 cm³/mol. The molecule has 0 unspecified atom stereocenters. The second-order valence-corrected chi connectivity index (χ2v) is 4.17. The van der Waals surface area contributed by atoms with Gasteiger partial charge in [0.15, 0.2) is 0 Å². The number of amides is 2. The van der Waals surface area contributed by atoms with Crippen LogP contribution in [-0.4, -0.2) is 31.5 Å². The Morgan fingerprint density at radius 3 is 2.43 bits per heavy atom. The van der Waals surface area contributed by atoms with Crippen LogP contribution in [0, 0.1) is 0 Å². The monoisotopic (exact) mass is 315 g/mol. The molecule has 0 saturated carbocycles. The Bertz CT molecular complexity index is 438. The first kappa shape index (κ1) is 19.2. The van der Waals surface area contributed by atoms with Crippen LogP contribution < -0.4 is 21.1 Å². The number of anilines is 1. The summed E-state index contributed by atoms with van der Waals surface area (Å²) in [5.74, 6) is 0.313. The third-order valence-corrected chi connectivity index (χ3v) is 2.50. The second-order valence-electron chi connectivity index (χ2n) is 4.17. The first-order valence-electron chi connectivity index (χ1n) is 6.65. The van der Waals surface area contributed by atoms with Crippen molar-refractivity contribution in [1.29, 1.82) is 0 Å². The third-order valence-electron chi connectivity index (χ3n) is 2.50. The maximum Gasteiger partial charge on any atom is 0.243 e. The summed E-state index contributed by atoms with van der Waals surface area (Å²) in [6.07, 6.45) is 0.958. The van der Waals surface area contributed by atoms with E-state index in [0.717, 1.165) is 5.75 Å². The van der Waals surface area contributed by atoms with Crippen molar-refractivity contribution in [3.8, 4) is 5.75 Å². The van der Waals surface area contributed by atoms with E-state index in [4.69, 9.17) is 10.5 Å². The molecule has 1 aromatic carbocycles. The van der Waals surface area contributed by atoms with Crippen molar-refractivity contribution in [3.63, 3.8) is 0 Å². The van der Waals surface area contributed by atoms with E-state index < -0.39 is 0 Å². The van der Waals surface area contributed by atoms with Crippen molar-refractivity contribution < 1.29 is 14.3 Å². The van der Waals surface area contributed by atoms with E-state index in [1.165, 1.54) is 0 Å². The smallest absolute Gasteiger partial charge is 0.243 e. The van der Waals surface area contributed by atoms with Crippen LogP contribution >= 0.6 is 12.4 Å². The number of halogens is 1. The molecule has 1 rings (SSSR count). The lowest BCUT2D eigenvalue weighted by Gasteiger charge is -2.08. The summed E-state index contributed by atoms with van der Waals surface area (Å²) in [6, 6.07) is 7.05. The summed E-state index contributed by atoms with van der Waals surface area (Å²) in [5.41, 5.74) is 5.96. The molecule has 0 aliphatic heterocycles. The Balaban J connectivity index is 0.00000400. The van der Waals surface area contributed by atoms with E-state index in [-0.39, 0.29) is 30.8 Å². The first-order chi connectivity index (χ1) is 9.65. The predicted octanol–water partition coefficient (Wildman–Crippen LogP) is 1.30. The SMILES string of the molecule is CCOc1ccc(NC(=O)CNC(=O)CCCN)cc1.Cl. The molecule has 0 aromatic heterocycles. The van der Waals surface area contributed by atoms with E-state index in [0.29, 0.717) is 31.7 Å². The van der Waals surface area contributed by atoms with E-state index in [9.17, 15) is 9.59 Å². The van der Waals surface area contributed by atoms with Crippen LogP contribution in [0.4, 0.5) is 5.69 Å². The molecule has 1 aromatic rings. The highest BCUT2D eigenvalue weighted by Gasteiger charge is 2.05. The Hall–Kier alpha value is -1.79. The Kier molecular flexibility index (Phi) is 10.0. The number of hydrogen-bond acceptors (Lipinski definition) is 4. The molecule has 0 heterocycles. The molecule has 4 N–H and O–H groups in total. The minimum Gasteiger partial charge on any atom is -0.494 e. The van der Waals surface area contributed by atoms with E-state index in [1.807, 2.05) is 6.92 Å². The van der Waals surface area contributed by atoms with E-state index in [2.05, 4.69) is 10.6 Å². The number of ether oxygens (including phenoxy) is 1. The quantitative estimate of drug-likeness (QED) is 0.674. The lowest BCUT2D eigenvalue weighted by atomic mass is 10.3. The number of carbonyl (C=O) groups is 2. The molecular formula is C14H22ClN3O3. The van der Waals surface area contributed by atoms with Gasteiger partial charge in [-0.05, 0) is 44.2 Å². The van der Waals surface area contributed by atoms with Gasteiger partial charge in [0.2, 0.25) is 11.8 Å². The zero-order chi connectivity index (χ0) is 14.8. The van der Waals surface area contributed by atoms with Gasteiger partial charge in [0, 0.05) is 12.1 Å². The molecule has 0 bridgehead atoms. The molecule has 0 fully saturated rings. The summed E-state index contributed by atoms with van der Waals surface area (Å²) in [4.78, 5) is 22.9. The van der Waals surface area contributed by atoms with Gasteiger partial charge in [-0.25, -0.2) is 0 Å². The fourth-order valence-corrected chi connectivity index (χ4v) is 1.54. The number of nitrogens with one attached hydrogen (secondary N) is 2. The van der Waals surface area contributed by atoms with Crippen LogP contribution in [0.3, 0.4) is 0 Å². The van der Waals surface area contributed by atoms with Gasteiger partial charge in [-0.3, -0.25) is 9.59 Å². The molecule has 0 atom stereocenters. The summed E-state index contributed by atoms with van der Waals surface area (Å²) >= 11 is 0. The number of benzene rings is 1. The maximum absolute atomic E-state index is 11.6. The molecule has 7 heteroatoms. The fraction of sp³-hybridized carbons (Fsp3) is 0.429. The largest absolute Gasteiger partial charge is 0.494 e. The van der Waals surface area contributed by atoms with Gasteiger partial charge < -0.3 is 21.1 Å². The summed E-state index contributed by atoms with van der Waals surface area (Å²) in [5, 5.41) is 5.23. The summed E-state index contributed by atoms with van der Waals surface area (Å²) in [7, 11) is 0. The lowest BCUT2D eigenvalue weighted by molar-refractivity contribution is -0.124. The van der Waals surface area contributed by atoms with Crippen molar-refractivity contribution in [3.05, 3.63) is 24.3 Å². The summed E-state index contributed by atoms with van der Waals surface area (Å²) in [6.45, 7) is 2.92. The average Bonchev–Trinajstić information content (AvgIpc) is 2.45. The topological polar surface area (TPSA) is 93.5 Å². The highest BCUT2D eigenvalue weighted by atomic mass is 35.5. The number of hydrogen-bond donors (Lipinski definition) is 3. The van der Waals surface area contributed by atoms with Crippen molar-refractivity contribution in [2.45, 2.75) is 19.8 Å². The van der Waals surface area contributed by atoms with E-state index >= 15 is 0 Å². The van der Waals surface area contributed by atoms with Crippen LogP contribution in [0.2, 0.25) is 0 Å². The minimum atomic E-state index is -0.268. The number of carbonyl (C=O) groups excluding carboxylic acids is 2. The molecule has 118 valence electrons. The van der Waals surface area contributed by atoms with Gasteiger partial charge in [-0.15, -0.1) is 12.4 Å². The van der Waals surface area contributed by atoms with Crippen LogP contribution in [-0.2, 0) is 9.59 Å². The van der Waals surface area contributed by atoms with Crippen LogP contribution in [0.1, 0.15) is 19.8 Å². The van der Waals surface area contributed by atoms with Crippen LogP contribution in [0.25, 0.3) is 0 Å². The molecule has 6 nitrogen and oxygen atoms in total. The lowest BCUT2D eigenvalue weighted by Crippen LogP contribution is -2.32. The fourth-order valence-electron chi connectivity index (χ4n) is 1.54. The first-order valence-corrected chi connectivity index (χ1v) is 6.65. The van der Waals surface area contributed by atoms with Gasteiger partial charge in [0.1, 0.15) is 5.75 Å². The van der Waals surface area contributed by atoms with Gasteiger partial charge >= 0.3 is 0 Å². The Morgan fingerprint density at radius 1 is 1.19 bits per heavy atom. The summed E-state index contributed by atoms with van der Waals surface area (Å²) < 4.78 is 5.30. The zero-order valence-corrected chi connectivity index (χ0v) is 12.9. The normalized spacial score (nSPS) is 9.43. The highest BCUT2D eigenvalue weighted by Crippen LogP contribution is 2.15. The van der Waals surface area contributed by atoms with Crippen molar-refractivity contribution in [2.24, 2.45) is 5.73 Å². The minimum absolute atomic E-state index is 0. The maximum atomic E-state index is 11.6. The van der Waals surface area contributed by atoms with Crippen molar-refractivity contribution >= 4 is 29.9 Å². The molecule has 21 heavy (non-hydrogen) atoms. The standard InChI is InChI=1S/C14H21N3O3.ClH/c1-2-20-12-7-5-11(6-8-12)17-14(19)10-16-13(18)4-3-9-15;/h5-8H,2-4,9-10,15H2,1H3,(H,16,18)(H,17,19);1H.